The van der Waals surface area contributed by atoms with Gasteiger partial charge in [-0.3, -0.25) is 4.99 Å². The summed E-state index contributed by atoms with van der Waals surface area (Å²) in [6, 6.07) is 6.59. The largest absolute Gasteiger partial charge is 0.370 e. The Kier molecular flexibility index (Phi) is 5.04. The molecule has 0 spiro atoms. The normalized spacial score (nSPS) is 11.9. The van der Waals surface area contributed by atoms with Crippen molar-refractivity contribution >= 4 is 23.4 Å². The number of rotatable bonds is 4. The summed E-state index contributed by atoms with van der Waals surface area (Å²) in [7, 11) is 0. The fourth-order valence-electron chi connectivity index (χ4n) is 1.08. The third kappa shape index (κ3) is 4.48. The molecule has 6 heteroatoms. The van der Waals surface area contributed by atoms with Crippen LogP contribution >= 0.6 is 11.8 Å². The van der Waals surface area contributed by atoms with Gasteiger partial charge in [0.15, 0.2) is 5.96 Å². The van der Waals surface area contributed by atoms with Gasteiger partial charge < -0.3 is 11.1 Å². The quantitative estimate of drug-likeness (QED) is 0.487. The highest BCUT2D eigenvalue weighted by molar-refractivity contribution is 7.99. The number of guanidine groups is 1. The standard InChI is InChI=1S/C10H13F2N3S/c1-2-14-10(13)15-7-3-5-8(6-4-7)16-9(11)12/h3-6,9H,2H2,1H3,(H3,13,14,15). The second kappa shape index (κ2) is 6.32. The van der Waals surface area contributed by atoms with E-state index in [4.69, 9.17) is 5.73 Å². The Morgan fingerprint density at radius 1 is 1.44 bits per heavy atom. The van der Waals surface area contributed by atoms with Crippen molar-refractivity contribution in [2.45, 2.75) is 17.6 Å². The molecule has 3 nitrogen and oxygen atoms in total. The smallest absolute Gasteiger partial charge is 0.288 e. The molecule has 0 radical (unpaired) electrons. The molecule has 0 atom stereocenters. The van der Waals surface area contributed by atoms with Crippen LogP contribution in [0.3, 0.4) is 0 Å². The van der Waals surface area contributed by atoms with Crippen molar-refractivity contribution in [2.75, 3.05) is 11.9 Å². The summed E-state index contributed by atoms with van der Waals surface area (Å²) in [4.78, 5) is 4.47. The summed E-state index contributed by atoms with van der Waals surface area (Å²) in [6.07, 6.45) is 0. The number of hydrogen-bond acceptors (Lipinski definition) is 2. The summed E-state index contributed by atoms with van der Waals surface area (Å²) >= 11 is 0.514. The number of nitrogens with two attached hydrogens (primary N) is 1. The zero-order chi connectivity index (χ0) is 12.0. The molecule has 0 fully saturated rings. The van der Waals surface area contributed by atoms with Gasteiger partial charge in [-0.25, -0.2) is 0 Å². The van der Waals surface area contributed by atoms with E-state index in [0.29, 0.717) is 29.2 Å². The molecule has 1 aromatic carbocycles. The van der Waals surface area contributed by atoms with Gasteiger partial charge in [-0.05, 0) is 31.2 Å². The van der Waals surface area contributed by atoms with Crippen LogP contribution in [-0.4, -0.2) is 18.3 Å². The Morgan fingerprint density at radius 2 is 2.06 bits per heavy atom. The van der Waals surface area contributed by atoms with Crippen LogP contribution in [0.2, 0.25) is 0 Å². The number of nitrogens with zero attached hydrogens (tertiary/aromatic N) is 1. The van der Waals surface area contributed by atoms with E-state index in [9.17, 15) is 8.78 Å². The molecule has 0 aliphatic rings. The average molecular weight is 245 g/mol. The molecule has 0 aliphatic carbocycles. The molecule has 88 valence electrons. The van der Waals surface area contributed by atoms with Gasteiger partial charge in [0.25, 0.3) is 5.76 Å². The molecule has 0 saturated carbocycles. The summed E-state index contributed by atoms with van der Waals surface area (Å²) in [5, 5.41) is 2.85. The predicted octanol–water partition coefficient (Wildman–Crippen LogP) is 2.75. The second-order valence-corrected chi connectivity index (χ2v) is 3.95. The Balaban J connectivity index is 2.61. The van der Waals surface area contributed by atoms with Crippen molar-refractivity contribution in [1.29, 1.82) is 0 Å². The molecule has 3 N–H and O–H groups in total. The van der Waals surface area contributed by atoms with Gasteiger partial charge in [0, 0.05) is 17.1 Å². The lowest BCUT2D eigenvalue weighted by Crippen LogP contribution is -2.22. The molecular formula is C10H13F2N3S. The van der Waals surface area contributed by atoms with Gasteiger partial charge >= 0.3 is 0 Å². The minimum Gasteiger partial charge on any atom is -0.370 e. The van der Waals surface area contributed by atoms with E-state index in [1.807, 2.05) is 6.92 Å². The monoisotopic (exact) mass is 245 g/mol. The number of nitrogens with one attached hydrogen (secondary N) is 1. The van der Waals surface area contributed by atoms with Crippen molar-refractivity contribution in [3.05, 3.63) is 24.3 Å². The number of halogens is 2. The summed E-state index contributed by atoms with van der Waals surface area (Å²) in [5.74, 6) is -2.08. The first kappa shape index (κ1) is 12.8. The minimum absolute atomic E-state index is 0.316. The van der Waals surface area contributed by atoms with Crippen LogP contribution in [0.1, 0.15) is 6.92 Å². The van der Waals surface area contributed by atoms with E-state index in [2.05, 4.69) is 10.3 Å². The molecule has 16 heavy (non-hydrogen) atoms. The Bertz CT molecular complexity index is 352. The molecule has 0 amide bonds. The van der Waals surface area contributed by atoms with Gasteiger partial charge in [-0.15, -0.1) is 0 Å². The summed E-state index contributed by atoms with van der Waals surface area (Å²) in [6.45, 7) is 2.47. The summed E-state index contributed by atoms with van der Waals surface area (Å²) in [5.41, 5.74) is 6.28. The van der Waals surface area contributed by atoms with Crippen LogP contribution < -0.4 is 11.1 Å². The molecule has 0 aliphatic heterocycles. The highest BCUT2D eigenvalue weighted by Gasteiger charge is 2.04. The lowest BCUT2D eigenvalue weighted by atomic mass is 10.3. The van der Waals surface area contributed by atoms with Gasteiger partial charge in [-0.1, -0.05) is 11.8 Å². The van der Waals surface area contributed by atoms with Gasteiger partial charge in [-0.2, -0.15) is 8.78 Å². The van der Waals surface area contributed by atoms with Crippen molar-refractivity contribution in [3.63, 3.8) is 0 Å². The van der Waals surface area contributed by atoms with Crippen molar-refractivity contribution < 1.29 is 8.78 Å². The number of thioether (sulfide) groups is 1. The molecule has 0 saturated heterocycles. The van der Waals surface area contributed by atoms with Gasteiger partial charge in [0.1, 0.15) is 0 Å². The van der Waals surface area contributed by atoms with Crippen LogP contribution in [0.25, 0.3) is 0 Å². The first-order valence-electron chi connectivity index (χ1n) is 4.73. The molecule has 1 rings (SSSR count). The lowest BCUT2D eigenvalue weighted by Gasteiger charge is -2.06. The molecule has 0 heterocycles. The van der Waals surface area contributed by atoms with Gasteiger partial charge in [0.05, 0.1) is 0 Å². The summed E-state index contributed by atoms with van der Waals surface area (Å²) < 4.78 is 24.1. The highest BCUT2D eigenvalue weighted by Crippen LogP contribution is 2.25. The number of aliphatic imine (C=N–C) groups is 1. The number of anilines is 1. The lowest BCUT2D eigenvalue weighted by molar-refractivity contribution is 0.252. The van der Waals surface area contributed by atoms with E-state index in [1.165, 1.54) is 0 Å². The fraction of sp³-hybridized carbons (Fsp3) is 0.300. The molecule has 0 unspecified atom stereocenters. The van der Waals surface area contributed by atoms with E-state index >= 15 is 0 Å². The highest BCUT2D eigenvalue weighted by atomic mass is 32.2. The maximum absolute atomic E-state index is 12.0. The number of alkyl halides is 2. The van der Waals surface area contributed by atoms with Crippen molar-refractivity contribution in [3.8, 4) is 0 Å². The maximum atomic E-state index is 12.0. The first-order valence-corrected chi connectivity index (χ1v) is 5.61. The van der Waals surface area contributed by atoms with Gasteiger partial charge in [0.2, 0.25) is 0 Å². The molecule has 0 bridgehead atoms. The molecule has 1 aromatic rings. The van der Waals surface area contributed by atoms with Crippen molar-refractivity contribution in [2.24, 2.45) is 10.7 Å². The Labute approximate surface area is 97.1 Å². The van der Waals surface area contributed by atoms with Crippen LogP contribution in [0.5, 0.6) is 0 Å². The zero-order valence-electron chi connectivity index (χ0n) is 8.78. The SMILES string of the molecule is CCN=C(N)Nc1ccc(SC(F)F)cc1. The van der Waals surface area contributed by atoms with E-state index in [-0.39, 0.29) is 0 Å². The van der Waals surface area contributed by atoms with E-state index in [1.54, 1.807) is 24.3 Å². The second-order valence-electron chi connectivity index (χ2n) is 2.89. The Hall–Kier alpha value is -1.30. The van der Waals surface area contributed by atoms with E-state index < -0.39 is 5.76 Å². The first-order chi connectivity index (χ1) is 7.61. The van der Waals surface area contributed by atoms with Crippen LogP contribution in [0.4, 0.5) is 14.5 Å². The van der Waals surface area contributed by atoms with Crippen LogP contribution in [0, 0.1) is 0 Å². The van der Waals surface area contributed by atoms with E-state index in [0.717, 1.165) is 5.69 Å². The third-order valence-corrected chi connectivity index (χ3v) is 2.40. The third-order valence-electron chi connectivity index (χ3n) is 1.68. The predicted molar refractivity (Wildman–Crippen MR) is 64.1 cm³/mol. The molecular weight excluding hydrogens is 232 g/mol. The number of hydrogen-bond donors (Lipinski definition) is 2. The zero-order valence-corrected chi connectivity index (χ0v) is 9.60. The van der Waals surface area contributed by atoms with Crippen molar-refractivity contribution in [1.82, 2.24) is 0 Å². The Morgan fingerprint density at radius 3 is 2.56 bits per heavy atom. The number of benzene rings is 1. The maximum Gasteiger partial charge on any atom is 0.288 e. The topological polar surface area (TPSA) is 50.4 Å². The molecule has 0 aromatic heterocycles. The van der Waals surface area contributed by atoms with Crippen LogP contribution in [-0.2, 0) is 0 Å². The fourth-order valence-corrected chi connectivity index (χ4v) is 1.58. The average Bonchev–Trinajstić information content (AvgIpc) is 2.20. The van der Waals surface area contributed by atoms with Crippen LogP contribution in [0.15, 0.2) is 34.2 Å². The minimum atomic E-state index is -2.40.